The first-order chi connectivity index (χ1) is 10.8. The number of rotatable bonds is 6. The number of sulfone groups is 1. The fraction of sp³-hybridized carbons (Fsp3) is 0.533. The number of nitrogens with zero attached hydrogens (tertiary/aromatic N) is 1. The zero-order chi connectivity index (χ0) is 17.0. The highest BCUT2D eigenvalue weighted by molar-refractivity contribution is 7.91. The van der Waals surface area contributed by atoms with E-state index in [0.29, 0.717) is 35.2 Å². The van der Waals surface area contributed by atoms with Gasteiger partial charge in [-0.2, -0.15) is 0 Å². The Balaban J connectivity index is 1.91. The number of hydrogen-bond acceptors (Lipinski definition) is 4. The summed E-state index contributed by atoms with van der Waals surface area (Å²) in [6.07, 6.45) is 0.775. The molecule has 1 aromatic carbocycles. The van der Waals surface area contributed by atoms with E-state index in [1.807, 2.05) is 6.92 Å². The van der Waals surface area contributed by atoms with E-state index >= 15 is 0 Å². The Morgan fingerprint density at radius 3 is 2.52 bits per heavy atom. The van der Waals surface area contributed by atoms with E-state index in [1.165, 1.54) is 0 Å². The Hall–Kier alpha value is -0.980. The van der Waals surface area contributed by atoms with E-state index in [9.17, 15) is 13.2 Å². The van der Waals surface area contributed by atoms with E-state index in [4.69, 9.17) is 23.2 Å². The fourth-order valence-electron chi connectivity index (χ4n) is 2.76. The predicted octanol–water partition coefficient (Wildman–Crippen LogP) is 2.83. The van der Waals surface area contributed by atoms with Crippen LogP contribution in [0, 0.1) is 0 Å². The number of anilines is 1. The second-order valence-corrected chi connectivity index (χ2v) is 8.55. The van der Waals surface area contributed by atoms with E-state index in [-0.39, 0.29) is 29.9 Å². The number of benzene rings is 1. The molecule has 1 amide bonds. The molecule has 0 spiro atoms. The van der Waals surface area contributed by atoms with Gasteiger partial charge in [0.1, 0.15) is 0 Å². The quantitative estimate of drug-likeness (QED) is 0.826. The monoisotopic (exact) mass is 378 g/mol. The third-order valence-electron chi connectivity index (χ3n) is 3.91. The van der Waals surface area contributed by atoms with E-state index in [2.05, 4.69) is 5.32 Å². The summed E-state index contributed by atoms with van der Waals surface area (Å²) in [4.78, 5) is 14.0. The lowest BCUT2D eigenvalue weighted by atomic mass is 10.2. The molecule has 1 N–H and O–H groups in total. The molecule has 1 unspecified atom stereocenters. The van der Waals surface area contributed by atoms with Crippen molar-refractivity contribution in [2.24, 2.45) is 0 Å². The second kappa shape index (κ2) is 7.73. The standard InChI is InChI=1S/C15H20Cl2N2O3S/c1-2-19(11-7-9-23(21,22)10-11)14(20)6-8-18-15-12(16)4-3-5-13(15)17/h3-5,11,18H,2,6-10H2,1H3. The van der Waals surface area contributed by atoms with Crippen molar-refractivity contribution in [3.05, 3.63) is 28.2 Å². The Morgan fingerprint density at radius 1 is 1.35 bits per heavy atom. The topological polar surface area (TPSA) is 66.5 Å². The average molecular weight is 379 g/mol. The van der Waals surface area contributed by atoms with Crippen LogP contribution in [-0.4, -0.2) is 49.9 Å². The zero-order valence-electron chi connectivity index (χ0n) is 12.9. The van der Waals surface area contributed by atoms with Crippen LogP contribution in [0.3, 0.4) is 0 Å². The Labute approximate surface area is 146 Å². The number of para-hydroxylation sites is 1. The Kier molecular flexibility index (Phi) is 6.17. The van der Waals surface area contributed by atoms with Crippen molar-refractivity contribution in [2.45, 2.75) is 25.8 Å². The third kappa shape index (κ3) is 4.75. The van der Waals surface area contributed by atoms with Crippen LogP contribution in [0.4, 0.5) is 5.69 Å². The summed E-state index contributed by atoms with van der Waals surface area (Å²) in [6.45, 7) is 2.76. The van der Waals surface area contributed by atoms with Gasteiger partial charge in [-0.25, -0.2) is 8.42 Å². The third-order valence-corrected chi connectivity index (χ3v) is 6.29. The minimum absolute atomic E-state index is 0.0646. The lowest BCUT2D eigenvalue weighted by molar-refractivity contribution is -0.132. The SMILES string of the molecule is CCN(C(=O)CCNc1c(Cl)cccc1Cl)C1CCS(=O)(=O)C1. The van der Waals surface area contributed by atoms with Gasteiger partial charge in [0.15, 0.2) is 9.84 Å². The van der Waals surface area contributed by atoms with E-state index in [0.717, 1.165) is 0 Å². The van der Waals surface area contributed by atoms with Gasteiger partial charge in [-0.05, 0) is 25.5 Å². The molecule has 5 nitrogen and oxygen atoms in total. The fourth-order valence-corrected chi connectivity index (χ4v) is 5.03. The van der Waals surface area contributed by atoms with Crippen LogP contribution in [-0.2, 0) is 14.6 Å². The normalized spacial score (nSPS) is 19.5. The van der Waals surface area contributed by atoms with Gasteiger partial charge >= 0.3 is 0 Å². The lowest BCUT2D eigenvalue weighted by Gasteiger charge is -2.27. The van der Waals surface area contributed by atoms with Crippen molar-refractivity contribution < 1.29 is 13.2 Å². The number of amides is 1. The molecule has 0 aromatic heterocycles. The molecule has 23 heavy (non-hydrogen) atoms. The van der Waals surface area contributed by atoms with Gasteiger partial charge in [-0.3, -0.25) is 4.79 Å². The first-order valence-corrected chi connectivity index (χ1v) is 10.1. The summed E-state index contributed by atoms with van der Waals surface area (Å²) in [6, 6.07) is 4.99. The lowest BCUT2D eigenvalue weighted by Crippen LogP contribution is -2.41. The second-order valence-electron chi connectivity index (χ2n) is 5.51. The van der Waals surface area contributed by atoms with Crippen LogP contribution >= 0.6 is 23.2 Å². The van der Waals surface area contributed by atoms with Gasteiger partial charge in [0, 0.05) is 25.6 Å². The maximum absolute atomic E-state index is 12.4. The maximum atomic E-state index is 12.4. The Morgan fingerprint density at radius 2 is 2.00 bits per heavy atom. The summed E-state index contributed by atoms with van der Waals surface area (Å²) >= 11 is 12.1. The molecule has 1 aliphatic rings. The minimum atomic E-state index is -3.00. The predicted molar refractivity (Wildman–Crippen MR) is 94.0 cm³/mol. The largest absolute Gasteiger partial charge is 0.382 e. The van der Waals surface area contributed by atoms with Crippen LogP contribution in [0.2, 0.25) is 10.0 Å². The zero-order valence-corrected chi connectivity index (χ0v) is 15.2. The summed E-state index contributed by atoms with van der Waals surface area (Å²) < 4.78 is 23.2. The molecular formula is C15H20Cl2N2O3S. The van der Waals surface area contributed by atoms with Gasteiger partial charge in [0.05, 0.1) is 27.2 Å². The van der Waals surface area contributed by atoms with Gasteiger partial charge in [0.25, 0.3) is 0 Å². The molecule has 2 rings (SSSR count). The number of halogens is 2. The van der Waals surface area contributed by atoms with Crippen molar-refractivity contribution in [1.29, 1.82) is 0 Å². The van der Waals surface area contributed by atoms with Crippen LogP contribution in [0.5, 0.6) is 0 Å². The number of carbonyl (C=O) groups excluding carboxylic acids is 1. The number of hydrogen-bond donors (Lipinski definition) is 1. The highest BCUT2D eigenvalue weighted by Gasteiger charge is 2.33. The van der Waals surface area contributed by atoms with Crippen LogP contribution < -0.4 is 5.32 Å². The summed E-state index contributed by atoms with van der Waals surface area (Å²) in [7, 11) is -3.00. The van der Waals surface area contributed by atoms with Crippen molar-refractivity contribution in [3.63, 3.8) is 0 Å². The molecule has 1 heterocycles. The molecule has 0 bridgehead atoms. The van der Waals surface area contributed by atoms with Crippen molar-refractivity contribution in [1.82, 2.24) is 4.90 Å². The van der Waals surface area contributed by atoms with Crippen LogP contribution in [0.25, 0.3) is 0 Å². The summed E-state index contributed by atoms with van der Waals surface area (Å²) in [5.41, 5.74) is 0.607. The molecule has 1 aliphatic heterocycles. The Bertz CT molecular complexity index is 659. The molecular weight excluding hydrogens is 359 g/mol. The highest BCUT2D eigenvalue weighted by atomic mass is 35.5. The van der Waals surface area contributed by atoms with E-state index in [1.54, 1.807) is 23.1 Å². The summed E-state index contributed by atoms with van der Waals surface area (Å²) in [5, 5.41) is 4.07. The average Bonchev–Trinajstić information content (AvgIpc) is 2.83. The molecule has 128 valence electrons. The van der Waals surface area contributed by atoms with Crippen molar-refractivity contribution >= 4 is 44.6 Å². The first kappa shape index (κ1) is 18.4. The molecule has 1 atom stereocenters. The molecule has 0 radical (unpaired) electrons. The maximum Gasteiger partial charge on any atom is 0.224 e. The van der Waals surface area contributed by atoms with Crippen LogP contribution in [0.15, 0.2) is 18.2 Å². The molecule has 8 heteroatoms. The molecule has 1 fully saturated rings. The molecule has 1 saturated heterocycles. The number of carbonyl (C=O) groups is 1. The highest BCUT2D eigenvalue weighted by Crippen LogP contribution is 2.29. The molecule has 1 aromatic rings. The van der Waals surface area contributed by atoms with Gasteiger partial charge in [-0.1, -0.05) is 29.3 Å². The molecule has 0 saturated carbocycles. The van der Waals surface area contributed by atoms with Crippen molar-refractivity contribution in [3.8, 4) is 0 Å². The smallest absolute Gasteiger partial charge is 0.224 e. The molecule has 0 aliphatic carbocycles. The first-order valence-electron chi connectivity index (χ1n) is 7.52. The van der Waals surface area contributed by atoms with Crippen molar-refractivity contribution in [2.75, 3.05) is 29.9 Å². The van der Waals surface area contributed by atoms with Crippen LogP contribution in [0.1, 0.15) is 19.8 Å². The number of nitrogens with one attached hydrogen (secondary N) is 1. The van der Waals surface area contributed by atoms with Gasteiger partial charge in [-0.15, -0.1) is 0 Å². The summed E-state index contributed by atoms with van der Waals surface area (Å²) in [5.74, 6) is 0.163. The minimum Gasteiger partial charge on any atom is -0.382 e. The van der Waals surface area contributed by atoms with Gasteiger partial charge in [0.2, 0.25) is 5.91 Å². The van der Waals surface area contributed by atoms with E-state index < -0.39 is 9.84 Å². The van der Waals surface area contributed by atoms with Gasteiger partial charge < -0.3 is 10.2 Å².